The molecule has 6 nitrogen and oxygen atoms in total. The zero-order valence-electron chi connectivity index (χ0n) is 18.1. The molecule has 0 unspecified atom stereocenters. The predicted octanol–water partition coefficient (Wildman–Crippen LogP) is 5.19. The number of aromatic nitrogens is 2. The van der Waals surface area contributed by atoms with E-state index < -0.39 is 11.6 Å². The molecule has 1 amide bonds. The summed E-state index contributed by atoms with van der Waals surface area (Å²) in [5, 5.41) is 4.88. The van der Waals surface area contributed by atoms with Crippen LogP contribution in [-0.2, 0) is 0 Å². The highest BCUT2D eigenvalue weighted by Crippen LogP contribution is 2.41. The van der Waals surface area contributed by atoms with Crippen LogP contribution < -0.4 is 4.74 Å². The van der Waals surface area contributed by atoms with Crippen LogP contribution in [0.4, 0.5) is 8.78 Å². The molecule has 8 heteroatoms. The molecule has 1 aromatic carbocycles. The molecule has 3 aromatic rings. The van der Waals surface area contributed by atoms with E-state index in [1.54, 1.807) is 4.90 Å². The van der Waals surface area contributed by atoms with Crippen LogP contribution in [0.25, 0.3) is 11.1 Å². The Balaban J connectivity index is 1.35. The number of ether oxygens (including phenoxy) is 1. The maximum Gasteiger partial charge on any atom is 0.259 e. The first kappa shape index (κ1) is 20.8. The van der Waals surface area contributed by atoms with Crippen LogP contribution in [0.5, 0.6) is 5.75 Å². The molecule has 0 spiro atoms. The van der Waals surface area contributed by atoms with E-state index in [1.165, 1.54) is 12.1 Å². The highest BCUT2D eigenvalue weighted by Gasteiger charge is 2.32. The molecule has 1 aliphatic carbocycles. The van der Waals surface area contributed by atoms with Crippen molar-refractivity contribution in [3.63, 3.8) is 0 Å². The number of fused-ring (bicyclic) bond motifs is 1. The maximum atomic E-state index is 13.9. The van der Waals surface area contributed by atoms with Crippen molar-refractivity contribution < 1.29 is 22.8 Å². The van der Waals surface area contributed by atoms with Gasteiger partial charge in [0.15, 0.2) is 11.6 Å². The fraction of sp³-hybridized carbons (Fsp3) is 0.458. The highest BCUT2D eigenvalue weighted by molar-refractivity contribution is 6.06. The van der Waals surface area contributed by atoms with E-state index in [2.05, 4.69) is 10.1 Å². The summed E-state index contributed by atoms with van der Waals surface area (Å²) >= 11 is 0. The highest BCUT2D eigenvalue weighted by atomic mass is 19.1. The van der Waals surface area contributed by atoms with E-state index in [-0.39, 0.29) is 23.7 Å². The lowest BCUT2D eigenvalue weighted by Crippen LogP contribution is -2.42. The van der Waals surface area contributed by atoms with Crippen LogP contribution in [0.1, 0.15) is 73.1 Å². The number of carbonyl (C=O) groups excluding carboxylic acids is 1. The number of pyridine rings is 1. The van der Waals surface area contributed by atoms with E-state index in [0.29, 0.717) is 48.5 Å². The molecule has 1 saturated carbocycles. The number of hydrogen-bond donors (Lipinski definition) is 0. The molecule has 0 bridgehead atoms. The Kier molecular flexibility index (Phi) is 5.31. The van der Waals surface area contributed by atoms with Crippen LogP contribution >= 0.6 is 0 Å². The third-order valence-corrected chi connectivity index (χ3v) is 6.18. The largest absolute Gasteiger partial charge is 0.487 e. The van der Waals surface area contributed by atoms with Gasteiger partial charge in [-0.25, -0.2) is 13.8 Å². The van der Waals surface area contributed by atoms with Gasteiger partial charge in [0.1, 0.15) is 11.9 Å². The van der Waals surface area contributed by atoms with Crippen LogP contribution in [0.2, 0.25) is 0 Å². The monoisotopic (exact) mass is 441 g/mol. The second kappa shape index (κ2) is 8.15. The topological polar surface area (TPSA) is 68.5 Å². The molecule has 2 fully saturated rings. The minimum atomic E-state index is -0.719. The predicted molar refractivity (Wildman–Crippen MR) is 114 cm³/mol. The molecule has 1 saturated heterocycles. The van der Waals surface area contributed by atoms with E-state index in [0.717, 1.165) is 30.3 Å². The Bertz CT molecular complexity index is 1160. The fourth-order valence-corrected chi connectivity index (χ4v) is 4.24. The van der Waals surface area contributed by atoms with Gasteiger partial charge in [0, 0.05) is 43.6 Å². The number of carbonyl (C=O) groups is 1. The fourth-order valence-electron chi connectivity index (χ4n) is 4.24. The molecule has 168 valence electrons. The molecular formula is C24H25F2N3O3. The number of halogens is 2. The van der Waals surface area contributed by atoms with Gasteiger partial charge in [0.05, 0.1) is 16.6 Å². The second-order valence-corrected chi connectivity index (χ2v) is 8.96. The SMILES string of the molecule is CC(C)c1noc2nc(C3CC3)cc(C(=O)N3CCC(Oc4ccc(F)cc4F)CC3)c12. The van der Waals surface area contributed by atoms with Crippen molar-refractivity contribution in [2.75, 3.05) is 13.1 Å². The normalized spacial score (nSPS) is 17.3. The van der Waals surface area contributed by atoms with Crippen molar-refractivity contribution >= 4 is 17.0 Å². The molecule has 2 aromatic heterocycles. The number of nitrogens with zero attached hydrogens (tertiary/aromatic N) is 3. The van der Waals surface area contributed by atoms with Crippen molar-refractivity contribution in [3.8, 4) is 5.75 Å². The van der Waals surface area contributed by atoms with E-state index in [4.69, 9.17) is 9.26 Å². The molecular weight excluding hydrogens is 416 g/mol. The summed E-state index contributed by atoms with van der Waals surface area (Å²) in [5.74, 6) is -0.921. The first-order chi connectivity index (χ1) is 15.4. The average Bonchev–Trinajstić information content (AvgIpc) is 3.53. The summed E-state index contributed by atoms with van der Waals surface area (Å²) in [4.78, 5) is 19.9. The number of benzene rings is 1. The van der Waals surface area contributed by atoms with Gasteiger partial charge in [-0.1, -0.05) is 19.0 Å². The third-order valence-electron chi connectivity index (χ3n) is 6.18. The number of likely N-dealkylation sites (tertiary alicyclic amines) is 1. The molecule has 0 atom stereocenters. The summed E-state index contributed by atoms with van der Waals surface area (Å²) in [6.45, 7) is 4.99. The molecule has 0 N–H and O–H groups in total. The summed E-state index contributed by atoms with van der Waals surface area (Å²) in [6, 6.07) is 5.19. The summed E-state index contributed by atoms with van der Waals surface area (Å²) < 4.78 is 38.3. The van der Waals surface area contributed by atoms with E-state index in [9.17, 15) is 13.6 Å². The lowest BCUT2D eigenvalue weighted by atomic mass is 10.00. The zero-order valence-corrected chi connectivity index (χ0v) is 18.1. The molecule has 2 aliphatic rings. The van der Waals surface area contributed by atoms with Crippen molar-refractivity contribution in [3.05, 3.63) is 52.9 Å². The van der Waals surface area contributed by atoms with Gasteiger partial charge in [-0.2, -0.15) is 0 Å². The summed E-state index contributed by atoms with van der Waals surface area (Å²) in [5.41, 5.74) is 2.64. The minimum Gasteiger partial charge on any atom is -0.487 e. The van der Waals surface area contributed by atoms with Crippen molar-refractivity contribution in [2.45, 2.75) is 57.5 Å². The smallest absolute Gasteiger partial charge is 0.259 e. The van der Waals surface area contributed by atoms with Crippen molar-refractivity contribution in [1.29, 1.82) is 0 Å². The first-order valence-electron chi connectivity index (χ1n) is 11.1. The Labute approximate surface area is 184 Å². The molecule has 32 heavy (non-hydrogen) atoms. The number of amides is 1. The van der Waals surface area contributed by atoms with Gasteiger partial charge < -0.3 is 14.2 Å². The Morgan fingerprint density at radius 1 is 1.16 bits per heavy atom. The van der Waals surface area contributed by atoms with Gasteiger partial charge in [0.25, 0.3) is 11.6 Å². The van der Waals surface area contributed by atoms with Gasteiger partial charge in [0.2, 0.25) is 0 Å². The van der Waals surface area contributed by atoms with Crippen molar-refractivity contribution in [1.82, 2.24) is 15.0 Å². The first-order valence-corrected chi connectivity index (χ1v) is 11.1. The standard InChI is InChI=1S/C24H25F2N3O3/c1-13(2)22-21-17(12-19(14-3-4-14)27-23(21)32-28-22)24(30)29-9-7-16(8-10-29)31-20-6-5-15(25)11-18(20)26/h5-6,11-14,16H,3-4,7-10H2,1-2H3. The molecule has 3 heterocycles. The summed E-state index contributed by atoms with van der Waals surface area (Å²) in [6.07, 6.45) is 3.03. The number of piperidine rings is 1. The molecule has 0 radical (unpaired) electrons. The number of rotatable bonds is 5. The lowest BCUT2D eigenvalue weighted by Gasteiger charge is -2.32. The maximum absolute atomic E-state index is 13.9. The average molecular weight is 441 g/mol. The number of hydrogen-bond acceptors (Lipinski definition) is 5. The molecule has 1 aliphatic heterocycles. The second-order valence-electron chi connectivity index (χ2n) is 8.96. The van der Waals surface area contributed by atoms with Crippen molar-refractivity contribution in [2.24, 2.45) is 0 Å². The summed E-state index contributed by atoms with van der Waals surface area (Å²) in [7, 11) is 0. The quantitative estimate of drug-likeness (QED) is 0.545. The van der Waals surface area contributed by atoms with Gasteiger partial charge in [-0.05, 0) is 37.0 Å². The van der Waals surface area contributed by atoms with Crippen LogP contribution in [-0.4, -0.2) is 40.1 Å². The van der Waals surface area contributed by atoms with Gasteiger partial charge in [-0.15, -0.1) is 0 Å². The van der Waals surface area contributed by atoms with E-state index >= 15 is 0 Å². The lowest BCUT2D eigenvalue weighted by molar-refractivity contribution is 0.0589. The molecule has 5 rings (SSSR count). The van der Waals surface area contributed by atoms with E-state index in [1.807, 2.05) is 19.9 Å². The Hall–Kier alpha value is -3.03. The Morgan fingerprint density at radius 3 is 2.56 bits per heavy atom. The van der Waals surface area contributed by atoms with Crippen LogP contribution in [0, 0.1) is 11.6 Å². The van der Waals surface area contributed by atoms with Crippen LogP contribution in [0.15, 0.2) is 28.8 Å². The minimum absolute atomic E-state index is 0.0344. The zero-order chi connectivity index (χ0) is 22.4. The Morgan fingerprint density at radius 2 is 1.91 bits per heavy atom. The van der Waals surface area contributed by atoms with Gasteiger partial charge in [-0.3, -0.25) is 4.79 Å². The van der Waals surface area contributed by atoms with Crippen LogP contribution in [0.3, 0.4) is 0 Å². The van der Waals surface area contributed by atoms with Gasteiger partial charge >= 0.3 is 0 Å². The third kappa shape index (κ3) is 3.94.